The van der Waals surface area contributed by atoms with Gasteiger partial charge in [0.2, 0.25) is 0 Å². The summed E-state index contributed by atoms with van der Waals surface area (Å²) in [5.74, 6) is -2.44. The summed E-state index contributed by atoms with van der Waals surface area (Å²) < 4.78 is 13.5. The van der Waals surface area contributed by atoms with Crippen LogP contribution in [0, 0.1) is 5.82 Å². The molecule has 0 radical (unpaired) electrons. The molecule has 0 amide bonds. The van der Waals surface area contributed by atoms with E-state index in [4.69, 9.17) is 5.11 Å². The van der Waals surface area contributed by atoms with Crippen LogP contribution in [-0.2, 0) is 6.42 Å². The summed E-state index contributed by atoms with van der Waals surface area (Å²) in [4.78, 5) is 10.7. The standard InChI is InChI=1S/C12H11FN2O3/c1-2-6-3-7(11(16)8(13)4-6)9-5-10(12(17)18)15-14-9/h3-5,16H,2H2,1H3,(H,14,15)(H,17,18). The summed E-state index contributed by atoms with van der Waals surface area (Å²) in [5, 5.41) is 24.5. The normalized spacial score (nSPS) is 10.6. The number of aromatic hydroxyl groups is 1. The van der Waals surface area contributed by atoms with Crippen LogP contribution in [0.4, 0.5) is 4.39 Å². The van der Waals surface area contributed by atoms with E-state index in [1.54, 1.807) is 6.07 Å². The SMILES string of the molecule is CCc1cc(F)c(O)c(-c2cc(C(=O)O)[nH]n2)c1. The number of hydrogen-bond acceptors (Lipinski definition) is 3. The zero-order valence-electron chi connectivity index (χ0n) is 9.57. The highest BCUT2D eigenvalue weighted by molar-refractivity contribution is 5.87. The van der Waals surface area contributed by atoms with Crippen LogP contribution in [0.2, 0.25) is 0 Å². The molecule has 0 aliphatic heterocycles. The fraction of sp³-hybridized carbons (Fsp3) is 0.167. The minimum Gasteiger partial charge on any atom is -0.504 e. The van der Waals surface area contributed by atoms with Gasteiger partial charge >= 0.3 is 5.97 Å². The number of aromatic amines is 1. The van der Waals surface area contributed by atoms with Gasteiger partial charge in [-0.15, -0.1) is 0 Å². The minimum atomic E-state index is -1.17. The van der Waals surface area contributed by atoms with Gasteiger partial charge in [0.15, 0.2) is 11.6 Å². The lowest BCUT2D eigenvalue weighted by atomic mass is 10.0. The van der Waals surface area contributed by atoms with Crippen LogP contribution in [0.15, 0.2) is 18.2 Å². The maximum atomic E-state index is 13.5. The van der Waals surface area contributed by atoms with Crippen molar-refractivity contribution in [2.24, 2.45) is 0 Å². The fourth-order valence-corrected chi connectivity index (χ4v) is 1.62. The number of aromatic nitrogens is 2. The first-order valence-electron chi connectivity index (χ1n) is 5.33. The van der Waals surface area contributed by atoms with Gasteiger partial charge in [0.1, 0.15) is 5.69 Å². The number of carboxylic acid groups (broad SMARTS) is 1. The molecule has 0 unspecified atom stereocenters. The maximum Gasteiger partial charge on any atom is 0.353 e. The Morgan fingerprint density at radius 2 is 2.17 bits per heavy atom. The molecule has 1 heterocycles. The van der Waals surface area contributed by atoms with Crippen LogP contribution in [0.3, 0.4) is 0 Å². The molecule has 0 bridgehead atoms. The number of phenolic OH excluding ortho intramolecular Hbond substituents is 1. The lowest BCUT2D eigenvalue weighted by molar-refractivity contribution is 0.0690. The zero-order chi connectivity index (χ0) is 13.3. The molecule has 0 spiro atoms. The molecule has 0 aliphatic carbocycles. The monoisotopic (exact) mass is 250 g/mol. The molecule has 2 rings (SSSR count). The van der Waals surface area contributed by atoms with Crippen molar-refractivity contribution < 1.29 is 19.4 Å². The number of rotatable bonds is 3. The molecule has 0 saturated carbocycles. The number of nitrogens with one attached hydrogen (secondary N) is 1. The largest absolute Gasteiger partial charge is 0.504 e. The van der Waals surface area contributed by atoms with Gasteiger partial charge in [0.25, 0.3) is 0 Å². The van der Waals surface area contributed by atoms with Gasteiger partial charge in [-0.1, -0.05) is 6.92 Å². The van der Waals surface area contributed by atoms with E-state index in [9.17, 15) is 14.3 Å². The van der Waals surface area contributed by atoms with Gasteiger partial charge in [-0.05, 0) is 30.2 Å². The molecule has 0 atom stereocenters. The van der Waals surface area contributed by atoms with Crippen molar-refractivity contribution in [3.05, 3.63) is 35.3 Å². The van der Waals surface area contributed by atoms with Crippen molar-refractivity contribution in [2.75, 3.05) is 0 Å². The highest BCUT2D eigenvalue weighted by Gasteiger charge is 2.15. The number of H-pyrrole nitrogens is 1. The Morgan fingerprint density at radius 1 is 1.44 bits per heavy atom. The van der Waals surface area contributed by atoms with Gasteiger partial charge in [0, 0.05) is 5.56 Å². The Morgan fingerprint density at radius 3 is 2.72 bits per heavy atom. The first-order valence-corrected chi connectivity index (χ1v) is 5.33. The van der Waals surface area contributed by atoms with E-state index in [0.29, 0.717) is 12.0 Å². The first kappa shape index (κ1) is 12.1. The highest BCUT2D eigenvalue weighted by atomic mass is 19.1. The number of carbonyl (C=O) groups is 1. The lowest BCUT2D eigenvalue weighted by Gasteiger charge is -2.05. The van der Waals surface area contributed by atoms with Gasteiger partial charge in [-0.3, -0.25) is 5.10 Å². The molecule has 3 N–H and O–H groups in total. The fourth-order valence-electron chi connectivity index (χ4n) is 1.62. The van der Waals surface area contributed by atoms with Crippen LogP contribution in [0.25, 0.3) is 11.3 Å². The Balaban J connectivity index is 2.55. The number of aryl methyl sites for hydroxylation is 1. The predicted octanol–water partition coefficient (Wildman–Crippen LogP) is 2.18. The van der Waals surface area contributed by atoms with Crippen molar-refractivity contribution in [3.63, 3.8) is 0 Å². The molecule has 6 heteroatoms. The van der Waals surface area contributed by atoms with Crippen LogP contribution in [0.1, 0.15) is 23.0 Å². The second kappa shape index (κ2) is 4.48. The molecule has 94 valence electrons. The third kappa shape index (κ3) is 2.04. The van der Waals surface area contributed by atoms with E-state index >= 15 is 0 Å². The summed E-state index contributed by atoms with van der Waals surface area (Å²) in [6.45, 7) is 1.85. The second-order valence-electron chi connectivity index (χ2n) is 3.80. The van der Waals surface area contributed by atoms with E-state index in [-0.39, 0.29) is 17.0 Å². The van der Waals surface area contributed by atoms with Gasteiger partial charge in [-0.2, -0.15) is 5.10 Å². The third-order valence-electron chi connectivity index (χ3n) is 2.62. The average molecular weight is 250 g/mol. The van der Waals surface area contributed by atoms with Gasteiger partial charge < -0.3 is 10.2 Å². The summed E-state index contributed by atoms with van der Waals surface area (Å²) in [6.07, 6.45) is 0.598. The molecule has 1 aromatic carbocycles. The number of aromatic carboxylic acids is 1. The molecule has 2 aromatic rings. The van der Waals surface area contributed by atoms with Crippen molar-refractivity contribution in [1.29, 1.82) is 0 Å². The van der Waals surface area contributed by atoms with Crippen LogP contribution in [0.5, 0.6) is 5.75 Å². The third-order valence-corrected chi connectivity index (χ3v) is 2.62. The van der Waals surface area contributed by atoms with E-state index in [1.165, 1.54) is 12.1 Å². The number of nitrogens with zero attached hydrogens (tertiary/aromatic N) is 1. The van der Waals surface area contributed by atoms with Crippen LogP contribution >= 0.6 is 0 Å². The Bertz CT molecular complexity index is 607. The number of benzene rings is 1. The maximum absolute atomic E-state index is 13.5. The lowest BCUT2D eigenvalue weighted by Crippen LogP contribution is -1.95. The Labute approximate surface area is 102 Å². The highest BCUT2D eigenvalue weighted by Crippen LogP contribution is 2.32. The van der Waals surface area contributed by atoms with Crippen molar-refractivity contribution in [3.8, 4) is 17.0 Å². The summed E-state index contributed by atoms with van der Waals surface area (Å²) in [7, 11) is 0. The molecular weight excluding hydrogens is 239 g/mol. The summed E-state index contributed by atoms with van der Waals surface area (Å²) in [5.41, 5.74) is 0.946. The van der Waals surface area contributed by atoms with Crippen molar-refractivity contribution >= 4 is 5.97 Å². The second-order valence-corrected chi connectivity index (χ2v) is 3.80. The summed E-state index contributed by atoms with van der Waals surface area (Å²) in [6, 6.07) is 4.07. The predicted molar refractivity (Wildman–Crippen MR) is 62.0 cm³/mol. The summed E-state index contributed by atoms with van der Waals surface area (Å²) >= 11 is 0. The first-order chi connectivity index (χ1) is 8.52. The minimum absolute atomic E-state index is 0.119. The van der Waals surface area contributed by atoms with E-state index < -0.39 is 17.5 Å². The molecule has 0 fully saturated rings. The number of phenols is 1. The average Bonchev–Trinajstić information content (AvgIpc) is 2.82. The zero-order valence-corrected chi connectivity index (χ0v) is 9.57. The number of hydrogen-bond donors (Lipinski definition) is 3. The van der Waals surface area contributed by atoms with E-state index in [2.05, 4.69) is 10.2 Å². The molecule has 5 nitrogen and oxygen atoms in total. The molecular formula is C12H11FN2O3. The molecule has 0 aliphatic rings. The van der Waals surface area contributed by atoms with Crippen molar-refractivity contribution in [1.82, 2.24) is 10.2 Å². The molecule has 0 saturated heterocycles. The number of carboxylic acids is 1. The molecule has 1 aromatic heterocycles. The van der Waals surface area contributed by atoms with Gasteiger partial charge in [0.05, 0.1) is 5.69 Å². The smallest absolute Gasteiger partial charge is 0.353 e. The van der Waals surface area contributed by atoms with E-state index in [1.807, 2.05) is 6.92 Å². The topological polar surface area (TPSA) is 86.2 Å². The quantitative estimate of drug-likeness (QED) is 0.779. The van der Waals surface area contributed by atoms with Crippen molar-refractivity contribution in [2.45, 2.75) is 13.3 Å². The van der Waals surface area contributed by atoms with Crippen LogP contribution in [-0.4, -0.2) is 26.4 Å². The Kier molecular flexibility index (Phi) is 3.01. The number of halogens is 1. The van der Waals surface area contributed by atoms with E-state index in [0.717, 1.165) is 0 Å². The van der Waals surface area contributed by atoms with Gasteiger partial charge in [-0.25, -0.2) is 9.18 Å². The Hall–Kier alpha value is -2.37. The van der Waals surface area contributed by atoms with Crippen LogP contribution < -0.4 is 0 Å². The molecule has 18 heavy (non-hydrogen) atoms.